The van der Waals surface area contributed by atoms with E-state index in [-0.39, 0.29) is 25.6 Å². The standard InChI is InChI=1S/C19H20FN3O6S/c1-12(29-14-4-6-17-18(10-14)28-11-27-17)19(24)21-7-8-23-16-9-13(20)3-5-15(16)22(2)30(23,25)26/h3-6,9-10,12H,7-8,11H2,1-2H3,(H,21,24)/t12-/m0/s1. The van der Waals surface area contributed by atoms with E-state index in [0.29, 0.717) is 22.9 Å². The van der Waals surface area contributed by atoms with Crippen molar-refractivity contribution in [3.63, 3.8) is 0 Å². The molecule has 1 N–H and O–H groups in total. The lowest BCUT2D eigenvalue weighted by Crippen LogP contribution is -2.43. The van der Waals surface area contributed by atoms with Crippen molar-refractivity contribution in [2.45, 2.75) is 13.0 Å². The van der Waals surface area contributed by atoms with Crippen LogP contribution in [-0.2, 0) is 15.0 Å². The molecule has 30 heavy (non-hydrogen) atoms. The summed E-state index contributed by atoms with van der Waals surface area (Å²) in [6.07, 6.45) is -0.826. The first-order valence-corrected chi connectivity index (χ1v) is 10.6. The molecule has 2 heterocycles. The number of carbonyl (C=O) groups excluding carboxylic acids is 1. The summed E-state index contributed by atoms with van der Waals surface area (Å²) >= 11 is 0. The summed E-state index contributed by atoms with van der Waals surface area (Å²) in [4.78, 5) is 12.3. The molecular formula is C19H20FN3O6S. The molecule has 0 spiro atoms. The number of rotatable bonds is 6. The lowest BCUT2D eigenvalue weighted by Gasteiger charge is -2.20. The van der Waals surface area contributed by atoms with Crippen molar-refractivity contribution in [1.29, 1.82) is 0 Å². The van der Waals surface area contributed by atoms with Crippen molar-refractivity contribution in [3.8, 4) is 17.2 Å². The predicted molar refractivity (Wildman–Crippen MR) is 107 cm³/mol. The minimum Gasteiger partial charge on any atom is -0.481 e. The van der Waals surface area contributed by atoms with Crippen LogP contribution < -0.4 is 28.1 Å². The van der Waals surface area contributed by atoms with E-state index in [1.54, 1.807) is 25.1 Å². The summed E-state index contributed by atoms with van der Waals surface area (Å²) in [5.74, 6) is 0.619. The number of amides is 1. The van der Waals surface area contributed by atoms with Crippen LogP contribution in [0.1, 0.15) is 6.92 Å². The lowest BCUT2D eigenvalue weighted by molar-refractivity contribution is -0.127. The molecule has 160 valence electrons. The second kappa shape index (κ2) is 7.56. The highest BCUT2D eigenvalue weighted by atomic mass is 32.2. The van der Waals surface area contributed by atoms with E-state index in [1.807, 2.05) is 0 Å². The Hall–Kier alpha value is -3.21. The highest BCUT2D eigenvalue weighted by molar-refractivity contribution is 7.94. The van der Waals surface area contributed by atoms with Crippen LogP contribution >= 0.6 is 0 Å². The van der Waals surface area contributed by atoms with Crippen molar-refractivity contribution < 1.29 is 31.8 Å². The molecule has 9 nitrogen and oxygen atoms in total. The second-order valence-corrected chi connectivity index (χ2v) is 8.63. The molecule has 0 bridgehead atoms. The Morgan fingerprint density at radius 1 is 1.20 bits per heavy atom. The summed E-state index contributed by atoms with van der Waals surface area (Å²) in [6, 6.07) is 8.74. The molecule has 2 aliphatic heterocycles. The topological polar surface area (TPSA) is 97.4 Å². The lowest BCUT2D eigenvalue weighted by atomic mass is 10.2. The van der Waals surface area contributed by atoms with Crippen molar-refractivity contribution in [2.75, 3.05) is 35.5 Å². The van der Waals surface area contributed by atoms with Gasteiger partial charge in [0.05, 0.1) is 17.9 Å². The van der Waals surface area contributed by atoms with Gasteiger partial charge in [-0.05, 0) is 31.2 Å². The fourth-order valence-corrected chi connectivity index (χ4v) is 4.64. The number of carbonyl (C=O) groups is 1. The Balaban J connectivity index is 1.36. The smallest absolute Gasteiger partial charge is 0.326 e. The maximum Gasteiger partial charge on any atom is 0.326 e. The summed E-state index contributed by atoms with van der Waals surface area (Å²) in [6.45, 7) is 1.68. The van der Waals surface area contributed by atoms with Gasteiger partial charge in [0.1, 0.15) is 11.6 Å². The number of halogens is 1. The zero-order valence-corrected chi connectivity index (χ0v) is 17.1. The van der Waals surface area contributed by atoms with Crippen LogP contribution in [0.5, 0.6) is 17.2 Å². The maximum absolute atomic E-state index is 13.6. The van der Waals surface area contributed by atoms with Crippen molar-refractivity contribution in [3.05, 3.63) is 42.2 Å². The molecule has 11 heteroatoms. The minimum absolute atomic E-state index is 0.0245. The Kier molecular flexibility index (Phi) is 5.06. The third-order valence-electron chi connectivity index (χ3n) is 4.81. The van der Waals surface area contributed by atoms with Gasteiger partial charge in [-0.15, -0.1) is 0 Å². The molecule has 0 radical (unpaired) electrons. The molecule has 0 saturated heterocycles. The van der Waals surface area contributed by atoms with Gasteiger partial charge in [-0.1, -0.05) is 0 Å². The summed E-state index contributed by atoms with van der Waals surface area (Å²) < 4.78 is 57.0. The Morgan fingerprint density at radius 2 is 1.97 bits per heavy atom. The highest BCUT2D eigenvalue weighted by Crippen LogP contribution is 2.40. The number of benzene rings is 2. The monoisotopic (exact) mass is 437 g/mol. The quantitative estimate of drug-likeness (QED) is 0.738. The molecule has 0 aromatic heterocycles. The number of hydrogen-bond donors (Lipinski definition) is 1. The van der Waals surface area contributed by atoms with E-state index in [1.165, 1.54) is 19.2 Å². The normalized spacial score (nSPS) is 16.9. The third kappa shape index (κ3) is 3.56. The SMILES string of the molecule is C[C@H](Oc1ccc2c(c1)OCO2)C(=O)NCCN1c2cc(F)ccc2N(C)S1(=O)=O. The van der Waals surface area contributed by atoms with E-state index < -0.39 is 28.0 Å². The summed E-state index contributed by atoms with van der Waals surface area (Å²) in [5.41, 5.74) is 0.610. The average molecular weight is 437 g/mol. The first kappa shape index (κ1) is 20.1. The molecule has 0 aliphatic carbocycles. The molecule has 0 unspecified atom stereocenters. The Bertz CT molecular complexity index is 1090. The molecule has 4 rings (SSSR count). The van der Waals surface area contributed by atoms with Gasteiger partial charge >= 0.3 is 10.2 Å². The highest BCUT2D eigenvalue weighted by Gasteiger charge is 2.38. The van der Waals surface area contributed by atoms with Gasteiger partial charge < -0.3 is 19.5 Å². The van der Waals surface area contributed by atoms with Crippen LogP contribution in [-0.4, -0.2) is 47.4 Å². The molecule has 0 saturated carbocycles. The van der Waals surface area contributed by atoms with Crippen LogP contribution in [0.25, 0.3) is 0 Å². The van der Waals surface area contributed by atoms with Gasteiger partial charge in [0, 0.05) is 25.7 Å². The van der Waals surface area contributed by atoms with Crippen molar-refractivity contribution in [1.82, 2.24) is 5.32 Å². The van der Waals surface area contributed by atoms with Gasteiger partial charge in [0.25, 0.3) is 5.91 Å². The fraction of sp³-hybridized carbons (Fsp3) is 0.316. The number of ether oxygens (including phenoxy) is 3. The van der Waals surface area contributed by atoms with Gasteiger partial charge in [-0.25, -0.2) is 8.70 Å². The number of hydrogen-bond acceptors (Lipinski definition) is 6. The van der Waals surface area contributed by atoms with Crippen LogP contribution in [0.4, 0.5) is 15.8 Å². The van der Waals surface area contributed by atoms with Crippen LogP contribution in [0, 0.1) is 5.82 Å². The largest absolute Gasteiger partial charge is 0.481 e. The number of nitrogens with one attached hydrogen (secondary N) is 1. The molecule has 1 amide bonds. The maximum atomic E-state index is 13.6. The van der Waals surface area contributed by atoms with E-state index in [0.717, 1.165) is 14.7 Å². The van der Waals surface area contributed by atoms with Crippen molar-refractivity contribution in [2.24, 2.45) is 0 Å². The fourth-order valence-electron chi connectivity index (χ4n) is 3.23. The van der Waals surface area contributed by atoms with E-state index >= 15 is 0 Å². The first-order valence-electron chi connectivity index (χ1n) is 9.17. The average Bonchev–Trinajstić information content (AvgIpc) is 3.24. The van der Waals surface area contributed by atoms with Crippen LogP contribution in [0.15, 0.2) is 36.4 Å². The molecular weight excluding hydrogens is 417 g/mol. The predicted octanol–water partition coefficient (Wildman–Crippen LogP) is 1.64. The number of nitrogens with zero attached hydrogens (tertiary/aromatic N) is 2. The third-order valence-corrected chi connectivity index (χ3v) is 6.64. The number of fused-ring (bicyclic) bond motifs is 2. The van der Waals surface area contributed by atoms with E-state index in [2.05, 4.69) is 5.32 Å². The van der Waals surface area contributed by atoms with Gasteiger partial charge in [0.2, 0.25) is 6.79 Å². The summed E-state index contributed by atoms with van der Waals surface area (Å²) in [5, 5.41) is 2.64. The molecule has 2 aliphatic rings. The molecule has 2 aromatic carbocycles. The van der Waals surface area contributed by atoms with Gasteiger partial charge in [0.15, 0.2) is 17.6 Å². The Labute approximate surface area is 173 Å². The molecule has 0 fully saturated rings. The van der Waals surface area contributed by atoms with E-state index in [4.69, 9.17) is 14.2 Å². The Morgan fingerprint density at radius 3 is 2.77 bits per heavy atom. The molecule has 2 aromatic rings. The minimum atomic E-state index is -3.82. The van der Waals surface area contributed by atoms with Crippen LogP contribution in [0.3, 0.4) is 0 Å². The first-order chi connectivity index (χ1) is 14.3. The van der Waals surface area contributed by atoms with Crippen LogP contribution in [0.2, 0.25) is 0 Å². The summed E-state index contributed by atoms with van der Waals surface area (Å²) in [7, 11) is -2.43. The second-order valence-electron chi connectivity index (χ2n) is 6.75. The molecule has 1 atom stereocenters. The number of anilines is 2. The zero-order chi connectivity index (χ0) is 21.5. The van der Waals surface area contributed by atoms with Gasteiger partial charge in [-0.2, -0.15) is 8.42 Å². The van der Waals surface area contributed by atoms with E-state index in [9.17, 15) is 17.6 Å². The zero-order valence-electron chi connectivity index (χ0n) is 16.3. The van der Waals surface area contributed by atoms with Gasteiger partial charge in [-0.3, -0.25) is 9.10 Å². The van der Waals surface area contributed by atoms with Crippen molar-refractivity contribution >= 4 is 27.5 Å².